The Morgan fingerprint density at radius 1 is 1.32 bits per heavy atom. The topological polar surface area (TPSA) is 70.3 Å². The largest absolute Gasteiger partial charge is 0.598 e. The highest BCUT2D eigenvalue weighted by molar-refractivity contribution is 7.90. The minimum absolute atomic E-state index is 0.222. The van der Waals surface area contributed by atoms with Gasteiger partial charge in [-0.2, -0.15) is 0 Å². The maximum Gasteiger partial charge on any atom is 0.272 e. The van der Waals surface area contributed by atoms with Crippen molar-refractivity contribution in [2.45, 2.75) is 51.5 Å². The van der Waals surface area contributed by atoms with E-state index in [9.17, 15) is 13.3 Å². The number of hydrogen-bond donors (Lipinski definition) is 2. The van der Waals surface area contributed by atoms with E-state index in [2.05, 4.69) is 4.72 Å². The number of nitrogens with two attached hydrogens (primary N) is 1. The highest BCUT2D eigenvalue weighted by Gasteiger charge is 2.28. The average molecular weight is 334 g/mol. The van der Waals surface area contributed by atoms with Gasteiger partial charge in [-0.25, -0.2) is 8.78 Å². The summed E-state index contributed by atoms with van der Waals surface area (Å²) in [5, 5.41) is 0. The Morgan fingerprint density at radius 3 is 2.45 bits per heavy atom. The van der Waals surface area contributed by atoms with E-state index in [1.165, 1.54) is 0 Å². The molecular weight excluding hydrogens is 310 g/mol. The van der Waals surface area contributed by atoms with Crippen LogP contribution >= 0.6 is 0 Å². The molecule has 2 atom stereocenters. The summed E-state index contributed by atoms with van der Waals surface area (Å²) in [6.07, 6.45) is -2.53. The van der Waals surface area contributed by atoms with Crippen LogP contribution in [0.2, 0.25) is 0 Å². The van der Waals surface area contributed by atoms with Crippen LogP contribution in [0.25, 0.3) is 0 Å². The van der Waals surface area contributed by atoms with E-state index in [0.717, 1.165) is 11.1 Å². The Morgan fingerprint density at radius 2 is 1.95 bits per heavy atom. The summed E-state index contributed by atoms with van der Waals surface area (Å²) in [6.45, 7) is 7.08. The van der Waals surface area contributed by atoms with Crippen LogP contribution in [0.15, 0.2) is 18.2 Å². The van der Waals surface area contributed by atoms with Gasteiger partial charge in [0.2, 0.25) is 0 Å². The normalized spacial score (nSPS) is 15.0. The number of alkyl halides is 2. The molecule has 1 aromatic rings. The number of hydrogen-bond acceptors (Lipinski definition) is 4. The van der Waals surface area contributed by atoms with E-state index in [4.69, 9.17) is 10.5 Å². The third-order valence-electron chi connectivity index (χ3n) is 2.94. The lowest BCUT2D eigenvalue weighted by Crippen LogP contribution is -2.40. The lowest BCUT2D eigenvalue weighted by molar-refractivity contribution is 0.0818. The molecule has 22 heavy (non-hydrogen) atoms. The third kappa shape index (κ3) is 6.08. The predicted octanol–water partition coefficient (Wildman–Crippen LogP) is 2.90. The van der Waals surface area contributed by atoms with Gasteiger partial charge in [-0.05, 0) is 51.0 Å². The number of ether oxygens (including phenoxy) is 1. The Hall–Kier alpha value is -0.890. The van der Waals surface area contributed by atoms with Gasteiger partial charge in [0.1, 0.15) is 17.1 Å². The smallest absolute Gasteiger partial charge is 0.272 e. The van der Waals surface area contributed by atoms with E-state index in [1.807, 2.05) is 33.8 Å². The molecule has 0 heterocycles. The standard InChI is InChI=1S/C15H24F2N2O2S/c1-10(19-22(20)15(2,3)4)12-5-11(8-18)6-13(7-12)21-9-14(16)17/h5-7,10,14,19H,8-9,18H2,1-4H3/t10?,22-/m1/s1. The molecule has 1 aromatic carbocycles. The van der Waals surface area contributed by atoms with Crippen molar-refractivity contribution >= 4 is 11.4 Å². The third-order valence-corrected chi connectivity index (χ3v) is 4.62. The molecule has 0 amide bonds. The second kappa shape index (κ2) is 8.10. The molecule has 7 heteroatoms. The first-order chi connectivity index (χ1) is 10.1. The zero-order valence-electron chi connectivity index (χ0n) is 13.4. The van der Waals surface area contributed by atoms with Gasteiger partial charge in [-0.1, -0.05) is 6.07 Å². The summed E-state index contributed by atoms with van der Waals surface area (Å²) in [5.41, 5.74) is 7.20. The van der Waals surface area contributed by atoms with Gasteiger partial charge in [0.25, 0.3) is 6.43 Å². The van der Waals surface area contributed by atoms with E-state index in [0.29, 0.717) is 5.75 Å². The van der Waals surface area contributed by atoms with Crippen LogP contribution in [0.3, 0.4) is 0 Å². The highest BCUT2D eigenvalue weighted by atomic mass is 32.2. The molecule has 0 fully saturated rings. The molecule has 0 aliphatic heterocycles. The van der Waals surface area contributed by atoms with Gasteiger partial charge in [0.05, 0.1) is 6.04 Å². The van der Waals surface area contributed by atoms with Crippen molar-refractivity contribution in [3.63, 3.8) is 0 Å². The maximum atomic E-state index is 12.3. The van der Waals surface area contributed by atoms with Crippen LogP contribution in [0.1, 0.15) is 44.9 Å². The van der Waals surface area contributed by atoms with E-state index < -0.39 is 29.1 Å². The van der Waals surface area contributed by atoms with Crippen molar-refractivity contribution in [2.75, 3.05) is 6.61 Å². The SMILES string of the molecule is CC(N[S@+]([O-])C(C)(C)C)c1cc(CN)cc(OCC(F)F)c1. The molecule has 0 saturated heterocycles. The van der Waals surface area contributed by atoms with Crippen molar-refractivity contribution in [1.82, 2.24) is 4.72 Å². The fraction of sp³-hybridized carbons (Fsp3) is 0.600. The van der Waals surface area contributed by atoms with Crippen molar-refractivity contribution in [1.29, 1.82) is 0 Å². The summed E-state index contributed by atoms with van der Waals surface area (Å²) in [4.78, 5) is 0. The summed E-state index contributed by atoms with van der Waals surface area (Å²) in [7, 11) is 0. The Labute approximate surface area is 133 Å². The van der Waals surface area contributed by atoms with Gasteiger partial charge in [-0.15, -0.1) is 4.72 Å². The van der Waals surface area contributed by atoms with Crippen molar-refractivity contribution < 1.29 is 18.1 Å². The molecule has 0 aliphatic rings. The Balaban J connectivity index is 2.90. The first-order valence-corrected chi connectivity index (χ1v) is 8.21. The van der Waals surface area contributed by atoms with Gasteiger partial charge < -0.3 is 15.0 Å². The summed E-state index contributed by atoms with van der Waals surface area (Å²) >= 11 is -1.24. The van der Waals surface area contributed by atoms with Crippen molar-refractivity contribution in [3.05, 3.63) is 29.3 Å². The first kappa shape index (κ1) is 19.2. The Bertz CT molecular complexity index is 481. The zero-order chi connectivity index (χ0) is 16.9. The minimum atomic E-state index is -2.53. The molecular formula is C15H24F2N2O2S. The number of halogens is 2. The fourth-order valence-corrected chi connectivity index (χ4v) is 2.51. The minimum Gasteiger partial charge on any atom is -0.598 e. The second-order valence-electron chi connectivity index (χ2n) is 6.04. The molecule has 0 radical (unpaired) electrons. The Kier molecular flexibility index (Phi) is 7.05. The lowest BCUT2D eigenvalue weighted by Gasteiger charge is -2.27. The monoisotopic (exact) mass is 334 g/mol. The summed E-state index contributed by atoms with van der Waals surface area (Å²) < 4.78 is 44.4. The van der Waals surface area contributed by atoms with Crippen LogP contribution in [0, 0.1) is 0 Å². The quantitative estimate of drug-likeness (QED) is 0.752. The second-order valence-corrected chi connectivity index (χ2v) is 8.04. The van der Waals surface area contributed by atoms with Crippen LogP contribution in [0.5, 0.6) is 5.75 Å². The maximum absolute atomic E-state index is 12.3. The summed E-state index contributed by atoms with van der Waals surface area (Å²) in [6, 6.07) is 4.94. The molecule has 0 bridgehead atoms. The molecule has 1 rings (SSSR count). The zero-order valence-corrected chi connectivity index (χ0v) is 14.2. The molecule has 4 nitrogen and oxygen atoms in total. The molecule has 0 saturated carbocycles. The van der Waals surface area contributed by atoms with Gasteiger partial charge >= 0.3 is 0 Å². The van der Waals surface area contributed by atoms with Crippen molar-refractivity contribution in [2.24, 2.45) is 5.73 Å². The molecule has 0 aromatic heterocycles. The van der Waals surface area contributed by atoms with Crippen LogP contribution < -0.4 is 15.2 Å². The number of benzene rings is 1. The molecule has 0 aliphatic carbocycles. The van der Waals surface area contributed by atoms with Crippen LogP contribution in [-0.2, 0) is 17.9 Å². The van der Waals surface area contributed by atoms with Crippen LogP contribution in [-0.4, -0.2) is 22.3 Å². The van der Waals surface area contributed by atoms with Crippen molar-refractivity contribution in [3.8, 4) is 5.75 Å². The highest BCUT2D eigenvalue weighted by Crippen LogP contribution is 2.25. The molecule has 0 spiro atoms. The van der Waals surface area contributed by atoms with Crippen LogP contribution in [0.4, 0.5) is 8.78 Å². The number of nitrogens with one attached hydrogen (secondary N) is 1. The average Bonchev–Trinajstić information content (AvgIpc) is 2.43. The predicted molar refractivity (Wildman–Crippen MR) is 85.3 cm³/mol. The number of rotatable bonds is 7. The molecule has 1 unspecified atom stereocenters. The van der Waals surface area contributed by atoms with Gasteiger partial charge in [0.15, 0.2) is 0 Å². The van der Waals surface area contributed by atoms with Gasteiger partial charge in [-0.3, -0.25) is 0 Å². The first-order valence-electron chi connectivity index (χ1n) is 7.06. The lowest BCUT2D eigenvalue weighted by atomic mass is 10.1. The van der Waals surface area contributed by atoms with E-state index >= 15 is 0 Å². The summed E-state index contributed by atoms with van der Waals surface area (Å²) in [5.74, 6) is 0.341. The molecule has 3 N–H and O–H groups in total. The van der Waals surface area contributed by atoms with E-state index in [-0.39, 0.29) is 12.6 Å². The van der Waals surface area contributed by atoms with Gasteiger partial charge in [0, 0.05) is 17.9 Å². The fourth-order valence-electron chi connectivity index (χ4n) is 1.70. The molecule has 126 valence electrons. The van der Waals surface area contributed by atoms with E-state index in [1.54, 1.807) is 12.1 Å².